The van der Waals surface area contributed by atoms with Crippen LogP contribution in [0.5, 0.6) is 0 Å². The Morgan fingerprint density at radius 2 is 1.81 bits per heavy atom. The number of carbonyl (C=O) groups is 1. The van der Waals surface area contributed by atoms with Crippen LogP contribution in [0, 0.1) is 6.92 Å². The molecule has 0 unspecified atom stereocenters. The molecule has 1 aromatic heterocycles. The molecule has 0 spiro atoms. The highest BCUT2D eigenvalue weighted by Gasteiger charge is 2.19. The first-order valence-electron chi connectivity index (χ1n) is 7.56. The fourth-order valence-electron chi connectivity index (χ4n) is 2.25. The molecule has 1 amide bonds. The summed E-state index contributed by atoms with van der Waals surface area (Å²) >= 11 is 5.79. The van der Waals surface area contributed by atoms with Crippen LogP contribution in [-0.4, -0.2) is 24.5 Å². The minimum Gasteiger partial charge on any atom is -0.305 e. The Balaban J connectivity index is 1.87. The summed E-state index contributed by atoms with van der Waals surface area (Å²) in [5, 5.41) is 9.70. The number of para-hydroxylation sites is 1. The Kier molecular flexibility index (Phi) is 4.97. The van der Waals surface area contributed by atoms with Crippen LogP contribution in [0.25, 0.3) is 0 Å². The van der Waals surface area contributed by atoms with Crippen molar-refractivity contribution >= 4 is 39.0 Å². The van der Waals surface area contributed by atoms with E-state index in [-0.39, 0.29) is 16.1 Å². The zero-order valence-corrected chi connectivity index (χ0v) is 15.2. The topological polar surface area (TPSA) is 104 Å². The van der Waals surface area contributed by atoms with Crippen LogP contribution in [0.2, 0.25) is 5.02 Å². The largest absolute Gasteiger partial charge is 0.305 e. The summed E-state index contributed by atoms with van der Waals surface area (Å²) in [5.41, 5.74) is 1.12. The highest BCUT2D eigenvalue weighted by atomic mass is 35.5. The zero-order chi connectivity index (χ0) is 18.7. The molecule has 0 bridgehead atoms. The van der Waals surface area contributed by atoms with Gasteiger partial charge in [0.05, 0.1) is 16.1 Å². The molecule has 0 atom stereocenters. The van der Waals surface area contributed by atoms with Gasteiger partial charge in [0, 0.05) is 16.8 Å². The number of carbonyl (C=O) groups excluding carboxylic acids is 1. The van der Waals surface area contributed by atoms with Gasteiger partial charge in [-0.15, -0.1) is 0 Å². The minimum atomic E-state index is -3.87. The molecule has 0 aliphatic rings. The molecule has 26 heavy (non-hydrogen) atoms. The van der Waals surface area contributed by atoms with Crippen molar-refractivity contribution in [1.29, 1.82) is 0 Å². The molecule has 0 fully saturated rings. The molecule has 0 saturated heterocycles. The van der Waals surface area contributed by atoms with Gasteiger partial charge in [0.25, 0.3) is 15.9 Å². The first-order chi connectivity index (χ1) is 12.3. The van der Waals surface area contributed by atoms with Crippen molar-refractivity contribution < 1.29 is 13.2 Å². The van der Waals surface area contributed by atoms with Crippen LogP contribution in [0.3, 0.4) is 0 Å². The molecule has 7 nitrogen and oxygen atoms in total. The van der Waals surface area contributed by atoms with E-state index in [9.17, 15) is 13.2 Å². The molecule has 3 N–H and O–H groups in total. The Morgan fingerprint density at radius 1 is 1.12 bits per heavy atom. The summed E-state index contributed by atoms with van der Waals surface area (Å²) in [6.45, 7) is 1.80. The number of benzene rings is 2. The van der Waals surface area contributed by atoms with Crippen LogP contribution in [-0.2, 0) is 10.0 Å². The van der Waals surface area contributed by atoms with Gasteiger partial charge in [0.1, 0.15) is 0 Å². The number of sulfonamides is 1. The Labute approximate surface area is 155 Å². The highest BCUT2D eigenvalue weighted by Crippen LogP contribution is 2.22. The van der Waals surface area contributed by atoms with Gasteiger partial charge in [-0.05, 0) is 43.3 Å². The fourth-order valence-corrected chi connectivity index (χ4v) is 3.46. The van der Waals surface area contributed by atoms with Gasteiger partial charge in [-0.25, -0.2) is 8.42 Å². The van der Waals surface area contributed by atoms with Crippen molar-refractivity contribution in [3.63, 3.8) is 0 Å². The highest BCUT2D eigenvalue weighted by molar-refractivity contribution is 7.92. The van der Waals surface area contributed by atoms with E-state index in [1.807, 2.05) is 0 Å². The molecule has 3 rings (SSSR count). The van der Waals surface area contributed by atoms with E-state index in [0.717, 1.165) is 5.69 Å². The van der Waals surface area contributed by atoms with Gasteiger partial charge < -0.3 is 5.32 Å². The van der Waals surface area contributed by atoms with Crippen LogP contribution in [0.4, 0.5) is 11.5 Å². The molecule has 3 aromatic rings. The van der Waals surface area contributed by atoms with E-state index in [1.54, 1.807) is 25.1 Å². The molecule has 1 heterocycles. The lowest BCUT2D eigenvalue weighted by atomic mass is 10.1. The maximum absolute atomic E-state index is 12.5. The van der Waals surface area contributed by atoms with E-state index in [0.29, 0.717) is 10.8 Å². The minimum absolute atomic E-state index is 0.0417. The Hall–Kier alpha value is -2.84. The fraction of sp³-hybridized carbons (Fsp3) is 0.0588. The summed E-state index contributed by atoms with van der Waals surface area (Å²) in [7, 11) is -3.87. The summed E-state index contributed by atoms with van der Waals surface area (Å²) in [6.07, 6.45) is 0. The normalized spacial score (nSPS) is 11.2. The van der Waals surface area contributed by atoms with Crippen molar-refractivity contribution in [3.05, 3.63) is 70.9 Å². The third kappa shape index (κ3) is 4.04. The molecule has 0 saturated carbocycles. The predicted molar refractivity (Wildman–Crippen MR) is 100.0 cm³/mol. The van der Waals surface area contributed by atoms with Gasteiger partial charge in [-0.2, -0.15) is 5.10 Å². The third-order valence-corrected chi connectivity index (χ3v) is 5.12. The second kappa shape index (κ2) is 7.19. The average molecular weight is 391 g/mol. The number of halogens is 1. The lowest BCUT2D eigenvalue weighted by Crippen LogP contribution is -2.18. The second-order valence-corrected chi connectivity index (χ2v) is 7.61. The molecule has 9 heteroatoms. The predicted octanol–water partition coefficient (Wildman–Crippen LogP) is 3.42. The van der Waals surface area contributed by atoms with Gasteiger partial charge in [-0.1, -0.05) is 23.7 Å². The first kappa shape index (κ1) is 18.0. The summed E-state index contributed by atoms with van der Waals surface area (Å²) in [6, 6.07) is 13.7. The number of hydrogen-bond acceptors (Lipinski definition) is 4. The Morgan fingerprint density at radius 3 is 2.46 bits per heavy atom. The second-order valence-electron chi connectivity index (χ2n) is 5.50. The SMILES string of the molecule is Cc1cc(NC(=O)c2ccccc2NS(=O)(=O)c2ccc(Cl)cc2)n[nH]1. The first-order valence-corrected chi connectivity index (χ1v) is 9.42. The lowest BCUT2D eigenvalue weighted by molar-refractivity contribution is 0.102. The monoisotopic (exact) mass is 390 g/mol. The van der Waals surface area contributed by atoms with Gasteiger partial charge >= 0.3 is 0 Å². The number of nitrogens with one attached hydrogen (secondary N) is 3. The molecule has 2 aromatic carbocycles. The van der Waals surface area contributed by atoms with Crippen LogP contribution in [0.1, 0.15) is 16.1 Å². The maximum atomic E-state index is 12.5. The number of hydrogen-bond donors (Lipinski definition) is 3. The maximum Gasteiger partial charge on any atom is 0.261 e. The summed E-state index contributed by atoms with van der Waals surface area (Å²) in [4.78, 5) is 12.5. The standard InChI is InChI=1S/C17H15ClN4O3S/c1-11-10-16(21-20-11)19-17(23)14-4-2-3-5-15(14)22-26(24,25)13-8-6-12(18)7-9-13/h2-10,22H,1H3,(H2,19,20,21,23). The van der Waals surface area contributed by atoms with E-state index >= 15 is 0 Å². The van der Waals surface area contributed by atoms with E-state index < -0.39 is 15.9 Å². The summed E-state index contributed by atoms with van der Waals surface area (Å²) < 4.78 is 27.5. The van der Waals surface area contributed by atoms with Crippen LogP contribution >= 0.6 is 11.6 Å². The third-order valence-electron chi connectivity index (χ3n) is 3.49. The van der Waals surface area contributed by atoms with E-state index in [2.05, 4.69) is 20.2 Å². The van der Waals surface area contributed by atoms with Gasteiger partial charge in [0.2, 0.25) is 0 Å². The number of H-pyrrole nitrogens is 1. The Bertz CT molecular complexity index is 1050. The quantitative estimate of drug-likeness (QED) is 0.620. The smallest absolute Gasteiger partial charge is 0.261 e. The van der Waals surface area contributed by atoms with Crippen LogP contribution in [0.15, 0.2) is 59.5 Å². The van der Waals surface area contributed by atoms with Crippen molar-refractivity contribution in [2.75, 3.05) is 10.0 Å². The van der Waals surface area contributed by atoms with Crippen LogP contribution < -0.4 is 10.0 Å². The number of aromatic amines is 1. The number of rotatable bonds is 5. The molecule has 0 aliphatic carbocycles. The van der Waals surface area contributed by atoms with Crippen molar-refractivity contribution in [2.24, 2.45) is 0 Å². The van der Waals surface area contributed by atoms with Crippen molar-refractivity contribution in [3.8, 4) is 0 Å². The number of anilines is 2. The molecule has 134 valence electrons. The average Bonchev–Trinajstić information content (AvgIpc) is 3.00. The van der Waals surface area contributed by atoms with Gasteiger partial charge in [-0.3, -0.25) is 14.6 Å². The van der Waals surface area contributed by atoms with Crippen molar-refractivity contribution in [1.82, 2.24) is 10.2 Å². The van der Waals surface area contributed by atoms with Gasteiger partial charge in [0.15, 0.2) is 5.82 Å². The number of nitrogens with zero attached hydrogens (tertiary/aromatic N) is 1. The molecule has 0 radical (unpaired) electrons. The summed E-state index contributed by atoms with van der Waals surface area (Å²) in [5.74, 6) is -0.131. The number of amides is 1. The van der Waals surface area contributed by atoms with E-state index in [1.165, 1.54) is 36.4 Å². The molecular formula is C17H15ClN4O3S. The molecule has 0 aliphatic heterocycles. The number of aryl methyl sites for hydroxylation is 1. The lowest BCUT2D eigenvalue weighted by Gasteiger charge is -2.12. The number of aromatic nitrogens is 2. The van der Waals surface area contributed by atoms with E-state index in [4.69, 9.17) is 11.6 Å². The zero-order valence-electron chi connectivity index (χ0n) is 13.7. The van der Waals surface area contributed by atoms with Crippen molar-refractivity contribution in [2.45, 2.75) is 11.8 Å². The molecular weight excluding hydrogens is 376 g/mol.